The maximum Gasteiger partial charge on any atom is 0.274 e. The van der Waals surface area contributed by atoms with Crippen molar-refractivity contribution in [1.29, 1.82) is 0 Å². The number of rotatable bonds is 2. The third kappa shape index (κ3) is 3.22. The molecule has 4 heteroatoms. The van der Waals surface area contributed by atoms with E-state index < -0.39 is 0 Å². The Labute approximate surface area is 121 Å². The Bertz CT molecular complexity index is 757. The zero-order valence-electron chi connectivity index (χ0n) is 11.5. The topological polar surface area (TPSA) is 45.8 Å². The van der Waals surface area contributed by atoms with E-state index in [2.05, 4.69) is 9.97 Å². The lowest BCUT2D eigenvalue weighted by Gasteiger charge is -1.97. The molecule has 0 spiro atoms. The summed E-state index contributed by atoms with van der Waals surface area (Å²) in [5, 5.41) is 2.00. The molecule has 102 valence electrons. The number of H-pyrrole nitrogens is 1. The Kier molecular flexibility index (Phi) is 4.85. The molecule has 0 amide bonds. The largest absolute Gasteiger partial charge is 0.319 e. The van der Waals surface area contributed by atoms with E-state index in [1.54, 1.807) is 17.4 Å². The van der Waals surface area contributed by atoms with Crippen LogP contribution in [0.3, 0.4) is 0 Å². The molecule has 2 aromatic heterocycles. The van der Waals surface area contributed by atoms with Gasteiger partial charge in [0.2, 0.25) is 0 Å². The van der Waals surface area contributed by atoms with Crippen LogP contribution in [0, 0.1) is 0 Å². The first-order chi connectivity index (χ1) is 9.83. The standard InChI is InChI=1S/C14H10N2OS.C2H6/c17-14-13(8-7-10-4-3-9-18-10)15-11-5-1-2-6-12(11)16-14;1-2/h1-9H,(H,16,17);1-2H3/b8-7-;. The minimum atomic E-state index is -0.165. The van der Waals surface area contributed by atoms with Crippen LogP contribution in [-0.2, 0) is 0 Å². The lowest BCUT2D eigenvalue weighted by atomic mass is 10.3. The predicted molar refractivity (Wildman–Crippen MR) is 87.0 cm³/mol. The van der Waals surface area contributed by atoms with Gasteiger partial charge in [0, 0.05) is 4.88 Å². The number of hydrogen-bond donors (Lipinski definition) is 1. The fraction of sp³-hybridized carbons (Fsp3) is 0.125. The number of nitrogens with zero attached hydrogens (tertiary/aromatic N) is 1. The summed E-state index contributed by atoms with van der Waals surface area (Å²) in [5.41, 5.74) is 1.82. The Morgan fingerprint density at radius 1 is 1.10 bits per heavy atom. The van der Waals surface area contributed by atoms with Crippen molar-refractivity contribution in [2.75, 3.05) is 0 Å². The molecule has 0 aliphatic rings. The number of benzene rings is 1. The van der Waals surface area contributed by atoms with E-state index in [-0.39, 0.29) is 5.56 Å². The van der Waals surface area contributed by atoms with Gasteiger partial charge >= 0.3 is 0 Å². The van der Waals surface area contributed by atoms with Crippen LogP contribution in [0.5, 0.6) is 0 Å². The SMILES string of the molecule is CC.O=c1[nH]c2ccccc2nc1/C=C\c1cccs1. The van der Waals surface area contributed by atoms with Crippen LogP contribution in [0.25, 0.3) is 23.2 Å². The molecule has 0 saturated heterocycles. The third-order valence-corrected chi connectivity index (χ3v) is 3.41. The quantitative estimate of drug-likeness (QED) is 0.767. The number of para-hydroxylation sites is 2. The Morgan fingerprint density at radius 2 is 1.90 bits per heavy atom. The zero-order valence-corrected chi connectivity index (χ0v) is 12.3. The molecular formula is C16H16N2OS. The number of aromatic nitrogens is 2. The second-order valence-corrected chi connectivity index (χ2v) is 4.80. The molecule has 1 aromatic carbocycles. The van der Waals surface area contributed by atoms with Gasteiger partial charge in [-0.3, -0.25) is 4.79 Å². The second kappa shape index (κ2) is 6.82. The van der Waals surface area contributed by atoms with E-state index in [1.807, 2.05) is 61.7 Å². The molecule has 0 fully saturated rings. The molecule has 0 radical (unpaired) electrons. The molecule has 2 heterocycles. The van der Waals surface area contributed by atoms with Gasteiger partial charge in [0.15, 0.2) is 0 Å². The van der Waals surface area contributed by atoms with Crippen LogP contribution < -0.4 is 5.56 Å². The number of hydrogen-bond acceptors (Lipinski definition) is 3. The highest BCUT2D eigenvalue weighted by Gasteiger charge is 2.00. The molecule has 0 aliphatic carbocycles. The zero-order chi connectivity index (χ0) is 14.4. The van der Waals surface area contributed by atoms with Crippen molar-refractivity contribution < 1.29 is 0 Å². The molecule has 1 N–H and O–H groups in total. The fourth-order valence-electron chi connectivity index (χ4n) is 1.70. The van der Waals surface area contributed by atoms with Gasteiger partial charge in [0.25, 0.3) is 5.56 Å². The highest BCUT2D eigenvalue weighted by Crippen LogP contribution is 2.12. The molecule has 3 aromatic rings. The van der Waals surface area contributed by atoms with Crippen molar-refractivity contribution in [1.82, 2.24) is 9.97 Å². The average Bonchev–Trinajstić information content (AvgIpc) is 3.00. The van der Waals surface area contributed by atoms with Crippen molar-refractivity contribution in [3.8, 4) is 0 Å². The normalized spacial score (nSPS) is 10.5. The van der Waals surface area contributed by atoms with Crippen LogP contribution in [0.4, 0.5) is 0 Å². The number of aromatic amines is 1. The average molecular weight is 284 g/mol. The minimum absolute atomic E-state index is 0.165. The molecule has 20 heavy (non-hydrogen) atoms. The second-order valence-electron chi connectivity index (χ2n) is 3.82. The van der Waals surface area contributed by atoms with Crippen molar-refractivity contribution in [2.24, 2.45) is 0 Å². The highest BCUT2D eigenvalue weighted by atomic mass is 32.1. The molecule has 0 atom stereocenters. The fourth-order valence-corrected chi connectivity index (χ4v) is 2.32. The molecule has 0 saturated carbocycles. The van der Waals surface area contributed by atoms with Gasteiger partial charge in [-0.2, -0.15) is 0 Å². The molecule has 0 unspecified atom stereocenters. The summed E-state index contributed by atoms with van der Waals surface area (Å²) in [7, 11) is 0. The summed E-state index contributed by atoms with van der Waals surface area (Å²) in [5.74, 6) is 0. The molecule has 3 nitrogen and oxygen atoms in total. The third-order valence-electron chi connectivity index (χ3n) is 2.57. The Hall–Kier alpha value is -2.20. The lowest BCUT2D eigenvalue weighted by Crippen LogP contribution is -2.11. The predicted octanol–water partition coefficient (Wildman–Crippen LogP) is 4.18. The van der Waals surface area contributed by atoms with Crippen LogP contribution in [0.15, 0.2) is 46.6 Å². The van der Waals surface area contributed by atoms with Gasteiger partial charge in [-0.15, -0.1) is 11.3 Å². The van der Waals surface area contributed by atoms with E-state index >= 15 is 0 Å². The van der Waals surface area contributed by atoms with E-state index in [0.29, 0.717) is 5.69 Å². The van der Waals surface area contributed by atoms with E-state index in [4.69, 9.17) is 0 Å². The van der Waals surface area contributed by atoms with E-state index in [1.165, 1.54) is 0 Å². The Balaban J connectivity index is 0.000000704. The number of fused-ring (bicyclic) bond motifs is 1. The number of nitrogens with one attached hydrogen (secondary N) is 1. The van der Waals surface area contributed by atoms with Crippen molar-refractivity contribution in [2.45, 2.75) is 13.8 Å². The smallest absolute Gasteiger partial charge is 0.274 e. The molecular weight excluding hydrogens is 268 g/mol. The summed E-state index contributed by atoms with van der Waals surface area (Å²) in [4.78, 5) is 20.1. The van der Waals surface area contributed by atoms with Gasteiger partial charge < -0.3 is 4.98 Å². The summed E-state index contributed by atoms with van der Waals surface area (Å²) in [6.07, 6.45) is 3.65. The van der Waals surface area contributed by atoms with Crippen LogP contribution in [0.1, 0.15) is 24.4 Å². The maximum atomic E-state index is 11.8. The van der Waals surface area contributed by atoms with Crippen LogP contribution in [0.2, 0.25) is 0 Å². The van der Waals surface area contributed by atoms with Gasteiger partial charge in [-0.25, -0.2) is 4.98 Å². The summed E-state index contributed by atoms with van der Waals surface area (Å²) < 4.78 is 0. The summed E-state index contributed by atoms with van der Waals surface area (Å²) >= 11 is 1.62. The first-order valence-electron chi connectivity index (χ1n) is 6.53. The summed E-state index contributed by atoms with van der Waals surface area (Å²) in [6, 6.07) is 11.5. The first kappa shape index (κ1) is 14.2. The van der Waals surface area contributed by atoms with Crippen LogP contribution in [-0.4, -0.2) is 9.97 Å². The van der Waals surface area contributed by atoms with Crippen molar-refractivity contribution in [3.05, 3.63) is 62.7 Å². The molecule has 3 rings (SSSR count). The van der Waals surface area contributed by atoms with Crippen LogP contribution >= 0.6 is 11.3 Å². The number of thiophene rings is 1. The van der Waals surface area contributed by atoms with Crippen molar-refractivity contribution in [3.63, 3.8) is 0 Å². The van der Waals surface area contributed by atoms with Gasteiger partial charge in [-0.1, -0.05) is 32.0 Å². The van der Waals surface area contributed by atoms with Crippen molar-refractivity contribution >= 4 is 34.5 Å². The lowest BCUT2D eigenvalue weighted by molar-refractivity contribution is 1.19. The van der Waals surface area contributed by atoms with E-state index in [9.17, 15) is 4.79 Å². The maximum absolute atomic E-state index is 11.8. The first-order valence-corrected chi connectivity index (χ1v) is 7.41. The highest BCUT2D eigenvalue weighted by molar-refractivity contribution is 7.10. The Morgan fingerprint density at radius 3 is 2.65 bits per heavy atom. The van der Waals surface area contributed by atoms with Gasteiger partial charge in [0.05, 0.1) is 11.0 Å². The minimum Gasteiger partial charge on any atom is -0.319 e. The monoisotopic (exact) mass is 284 g/mol. The molecule has 0 aliphatic heterocycles. The summed E-state index contributed by atoms with van der Waals surface area (Å²) in [6.45, 7) is 4.00. The van der Waals surface area contributed by atoms with Gasteiger partial charge in [-0.05, 0) is 35.7 Å². The van der Waals surface area contributed by atoms with Gasteiger partial charge in [0.1, 0.15) is 5.69 Å². The molecule has 0 bridgehead atoms. The van der Waals surface area contributed by atoms with E-state index in [0.717, 1.165) is 15.9 Å².